The van der Waals surface area contributed by atoms with Gasteiger partial charge < -0.3 is 15.0 Å². The van der Waals surface area contributed by atoms with Crippen LogP contribution in [0.15, 0.2) is 12.1 Å². The Morgan fingerprint density at radius 2 is 2.26 bits per heavy atom. The molecule has 0 aliphatic carbocycles. The highest BCUT2D eigenvalue weighted by atomic mass is 16.5. The minimum Gasteiger partial charge on any atom is -0.493 e. The summed E-state index contributed by atoms with van der Waals surface area (Å²) >= 11 is 0. The average molecular weight is 260 g/mol. The number of rotatable bonds is 3. The largest absolute Gasteiger partial charge is 0.493 e. The van der Waals surface area contributed by atoms with Gasteiger partial charge in [-0.2, -0.15) is 0 Å². The quantitative estimate of drug-likeness (QED) is 0.900. The van der Waals surface area contributed by atoms with E-state index in [2.05, 4.69) is 18.3 Å². The predicted molar refractivity (Wildman–Crippen MR) is 73.6 cm³/mol. The second-order valence-corrected chi connectivity index (χ2v) is 5.06. The lowest BCUT2D eigenvalue weighted by atomic mass is 9.98. The lowest BCUT2D eigenvalue weighted by Gasteiger charge is -2.30. The summed E-state index contributed by atoms with van der Waals surface area (Å²) < 4.78 is 5.70. The van der Waals surface area contributed by atoms with E-state index in [0.29, 0.717) is 6.61 Å². The highest BCUT2D eigenvalue weighted by Gasteiger charge is 2.40. The zero-order chi connectivity index (χ0) is 13.4. The van der Waals surface area contributed by atoms with Crippen molar-refractivity contribution < 1.29 is 9.53 Å². The van der Waals surface area contributed by atoms with Crippen molar-refractivity contribution in [1.29, 1.82) is 0 Å². The second-order valence-electron chi connectivity index (χ2n) is 5.06. The molecule has 0 spiro atoms. The molecule has 1 N–H and O–H groups in total. The van der Waals surface area contributed by atoms with Crippen LogP contribution in [-0.4, -0.2) is 37.0 Å². The number of piperazine rings is 1. The van der Waals surface area contributed by atoms with Gasteiger partial charge in [0.25, 0.3) is 5.91 Å². The molecule has 1 atom stereocenters. The molecule has 102 valence electrons. The molecule has 3 rings (SSSR count). The van der Waals surface area contributed by atoms with E-state index in [9.17, 15) is 4.79 Å². The van der Waals surface area contributed by atoms with Crippen LogP contribution in [-0.2, 0) is 6.42 Å². The highest BCUT2D eigenvalue weighted by Crippen LogP contribution is 2.40. The topological polar surface area (TPSA) is 41.6 Å². The maximum atomic E-state index is 12.5. The third kappa shape index (κ3) is 1.91. The number of fused-ring (bicyclic) bond motifs is 3. The normalized spacial score (nSPS) is 21.3. The number of carbonyl (C=O) groups is 1. The molecule has 0 unspecified atom stereocenters. The van der Waals surface area contributed by atoms with Crippen LogP contribution in [0.25, 0.3) is 0 Å². The van der Waals surface area contributed by atoms with Crippen LogP contribution in [0, 0.1) is 0 Å². The molecule has 1 fully saturated rings. The van der Waals surface area contributed by atoms with Crippen molar-refractivity contribution in [1.82, 2.24) is 10.2 Å². The van der Waals surface area contributed by atoms with E-state index in [1.807, 2.05) is 17.9 Å². The molecule has 0 saturated carbocycles. The molecule has 2 heterocycles. The minimum absolute atomic E-state index is 0.132. The van der Waals surface area contributed by atoms with E-state index < -0.39 is 0 Å². The van der Waals surface area contributed by atoms with E-state index in [0.717, 1.165) is 42.9 Å². The van der Waals surface area contributed by atoms with Crippen molar-refractivity contribution in [2.75, 3.05) is 26.2 Å². The molecule has 1 saturated heterocycles. The first-order chi connectivity index (χ1) is 9.26. The van der Waals surface area contributed by atoms with E-state index in [1.54, 1.807) is 0 Å². The number of ether oxygens (including phenoxy) is 1. The van der Waals surface area contributed by atoms with Crippen LogP contribution >= 0.6 is 0 Å². The number of benzene rings is 1. The van der Waals surface area contributed by atoms with Gasteiger partial charge in [0, 0.05) is 19.6 Å². The first-order valence-corrected chi connectivity index (χ1v) is 7.07. The van der Waals surface area contributed by atoms with Crippen LogP contribution in [0.5, 0.6) is 5.75 Å². The van der Waals surface area contributed by atoms with Crippen LogP contribution < -0.4 is 10.1 Å². The summed E-state index contributed by atoms with van der Waals surface area (Å²) in [4.78, 5) is 14.5. The molecule has 1 aromatic carbocycles. The van der Waals surface area contributed by atoms with Crippen LogP contribution in [0.2, 0.25) is 0 Å². The summed E-state index contributed by atoms with van der Waals surface area (Å²) in [6.07, 6.45) is 0.960. The summed E-state index contributed by atoms with van der Waals surface area (Å²) in [5.41, 5.74) is 3.16. The fraction of sp³-hybridized carbons (Fsp3) is 0.533. The molecule has 2 aliphatic rings. The molecule has 4 nitrogen and oxygen atoms in total. The summed E-state index contributed by atoms with van der Waals surface area (Å²) in [5, 5.41) is 3.37. The molecule has 0 radical (unpaired) electrons. The van der Waals surface area contributed by atoms with E-state index >= 15 is 0 Å². The summed E-state index contributed by atoms with van der Waals surface area (Å²) in [5.74, 6) is 0.892. The predicted octanol–water partition coefficient (Wildman–Crippen LogP) is 1.75. The Balaban J connectivity index is 2.11. The number of aryl methyl sites for hydroxylation is 1. The van der Waals surface area contributed by atoms with E-state index in [1.165, 1.54) is 5.56 Å². The molecule has 0 aromatic heterocycles. The van der Waals surface area contributed by atoms with Crippen molar-refractivity contribution in [3.63, 3.8) is 0 Å². The van der Waals surface area contributed by atoms with Gasteiger partial charge in [-0.25, -0.2) is 0 Å². The second kappa shape index (κ2) is 4.85. The van der Waals surface area contributed by atoms with Gasteiger partial charge in [0.1, 0.15) is 5.75 Å². The van der Waals surface area contributed by atoms with Crippen LogP contribution in [0.3, 0.4) is 0 Å². The first kappa shape index (κ1) is 12.5. The maximum absolute atomic E-state index is 12.5. The van der Waals surface area contributed by atoms with E-state index in [4.69, 9.17) is 4.74 Å². The van der Waals surface area contributed by atoms with Gasteiger partial charge in [-0.3, -0.25) is 4.79 Å². The zero-order valence-corrected chi connectivity index (χ0v) is 11.5. The molecular weight excluding hydrogens is 240 g/mol. The van der Waals surface area contributed by atoms with Crippen LogP contribution in [0.1, 0.15) is 41.4 Å². The lowest BCUT2D eigenvalue weighted by Crippen LogP contribution is -2.44. The Hall–Kier alpha value is -1.55. The number of hydrogen-bond acceptors (Lipinski definition) is 3. The Labute approximate surface area is 113 Å². The minimum atomic E-state index is 0.132. The Bertz CT molecular complexity index is 513. The third-order valence-corrected chi connectivity index (χ3v) is 3.98. The smallest absolute Gasteiger partial charge is 0.258 e. The van der Waals surface area contributed by atoms with Gasteiger partial charge >= 0.3 is 0 Å². The average Bonchev–Trinajstić information content (AvgIpc) is 2.73. The van der Waals surface area contributed by atoms with Crippen LogP contribution in [0.4, 0.5) is 0 Å². The van der Waals surface area contributed by atoms with Gasteiger partial charge in [0.05, 0.1) is 18.2 Å². The molecule has 1 aromatic rings. The van der Waals surface area contributed by atoms with Gasteiger partial charge in [0.2, 0.25) is 0 Å². The lowest BCUT2D eigenvalue weighted by molar-refractivity contribution is 0.0688. The molecule has 1 amide bonds. The van der Waals surface area contributed by atoms with Crippen molar-refractivity contribution in [2.24, 2.45) is 0 Å². The monoisotopic (exact) mass is 260 g/mol. The number of nitrogens with zero attached hydrogens (tertiary/aromatic N) is 1. The number of carbonyl (C=O) groups excluding carboxylic acids is 1. The summed E-state index contributed by atoms with van der Waals surface area (Å²) in [7, 11) is 0. The van der Waals surface area contributed by atoms with Crippen molar-refractivity contribution in [3.8, 4) is 5.75 Å². The SMILES string of the molecule is CCOc1cc(CC)cc2c1C(=O)N1CCNC[C@@H]21. The van der Waals surface area contributed by atoms with Crippen molar-refractivity contribution in [3.05, 3.63) is 28.8 Å². The molecule has 2 aliphatic heterocycles. The zero-order valence-electron chi connectivity index (χ0n) is 11.5. The van der Waals surface area contributed by atoms with Gasteiger partial charge in [-0.15, -0.1) is 0 Å². The summed E-state index contributed by atoms with van der Waals surface area (Å²) in [6.45, 7) is 7.18. The molecule has 19 heavy (non-hydrogen) atoms. The Morgan fingerprint density at radius 1 is 1.42 bits per heavy atom. The fourth-order valence-electron chi connectivity index (χ4n) is 3.03. The Kier molecular flexibility index (Phi) is 3.19. The van der Waals surface area contributed by atoms with E-state index in [-0.39, 0.29) is 11.9 Å². The van der Waals surface area contributed by atoms with Crippen molar-refractivity contribution >= 4 is 5.91 Å². The van der Waals surface area contributed by atoms with Gasteiger partial charge in [-0.05, 0) is 30.5 Å². The number of amides is 1. The summed E-state index contributed by atoms with van der Waals surface area (Å²) in [6, 6.07) is 4.38. The Morgan fingerprint density at radius 3 is 3.00 bits per heavy atom. The van der Waals surface area contributed by atoms with Gasteiger partial charge in [0.15, 0.2) is 0 Å². The van der Waals surface area contributed by atoms with Crippen molar-refractivity contribution in [2.45, 2.75) is 26.3 Å². The molecule has 4 heteroatoms. The molecular formula is C15H20N2O2. The third-order valence-electron chi connectivity index (χ3n) is 3.98. The number of nitrogens with one attached hydrogen (secondary N) is 1. The first-order valence-electron chi connectivity index (χ1n) is 7.07. The fourth-order valence-corrected chi connectivity index (χ4v) is 3.03. The maximum Gasteiger partial charge on any atom is 0.258 e. The molecule has 0 bridgehead atoms. The highest BCUT2D eigenvalue weighted by molar-refractivity contribution is 6.02. The van der Waals surface area contributed by atoms with Gasteiger partial charge in [-0.1, -0.05) is 13.0 Å². The number of hydrogen-bond donors (Lipinski definition) is 1. The standard InChI is InChI=1S/C15H20N2O2/c1-3-10-7-11-12-9-16-5-6-17(12)15(18)14(11)13(8-10)19-4-2/h7-8,12,16H,3-6,9H2,1-2H3/t12-/m0/s1.